The third-order valence-corrected chi connectivity index (χ3v) is 1.24. The monoisotopic (exact) mass is 152 g/mol. The Hall–Kier alpha value is -1.58. The van der Waals surface area contributed by atoms with Crippen LogP contribution in [-0.2, 0) is 7.05 Å². The topological polar surface area (TPSA) is 48.1 Å². The van der Waals surface area contributed by atoms with E-state index < -0.39 is 4.92 Å². The van der Waals surface area contributed by atoms with Crippen molar-refractivity contribution in [2.75, 3.05) is 0 Å². The molecular formula is C7H8N2O2. The normalized spacial score (nSPS) is 10.6. The van der Waals surface area contributed by atoms with Gasteiger partial charge in [-0.2, -0.15) is 0 Å². The first-order valence-electron chi connectivity index (χ1n) is 3.12. The minimum absolute atomic E-state index is 0.479. The van der Waals surface area contributed by atoms with Gasteiger partial charge in [0.2, 0.25) is 6.20 Å². The molecule has 0 fully saturated rings. The lowest BCUT2D eigenvalue weighted by atomic mass is 10.3. The number of aryl methyl sites for hydroxylation is 1. The molecule has 1 aromatic heterocycles. The molecule has 0 aliphatic heterocycles. The minimum atomic E-state index is -0.479. The van der Waals surface area contributed by atoms with Crippen molar-refractivity contribution in [3.8, 4) is 0 Å². The quantitative estimate of drug-likeness (QED) is 0.473. The van der Waals surface area contributed by atoms with Gasteiger partial charge in [0.25, 0.3) is 0 Å². The Kier molecular flexibility index (Phi) is 2.06. The lowest BCUT2D eigenvalue weighted by molar-refractivity contribution is -0.400. The molecule has 0 unspecified atom stereocenters. The summed E-state index contributed by atoms with van der Waals surface area (Å²) < 4.78 is 1.83. The van der Waals surface area contributed by atoms with Crippen molar-refractivity contribution < 1.29 is 4.92 Å². The van der Waals surface area contributed by atoms with E-state index in [9.17, 15) is 10.1 Å². The van der Waals surface area contributed by atoms with Crippen LogP contribution in [0.1, 0.15) is 5.56 Å². The largest absolute Gasteiger partial charge is 0.357 e. The molecule has 0 atom stereocenters. The van der Waals surface area contributed by atoms with E-state index in [2.05, 4.69) is 0 Å². The molecule has 1 heterocycles. The lowest BCUT2D eigenvalue weighted by Crippen LogP contribution is -1.81. The summed E-state index contributed by atoms with van der Waals surface area (Å²) in [5.41, 5.74) is 0.837. The van der Waals surface area contributed by atoms with Gasteiger partial charge < -0.3 is 4.57 Å². The number of hydrogen-bond donors (Lipinski definition) is 0. The lowest BCUT2D eigenvalue weighted by Gasteiger charge is -1.82. The van der Waals surface area contributed by atoms with E-state index in [4.69, 9.17) is 0 Å². The first-order chi connectivity index (χ1) is 5.18. The van der Waals surface area contributed by atoms with Crippen LogP contribution < -0.4 is 0 Å². The average molecular weight is 152 g/mol. The molecule has 0 spiro atoms. The van der Waals surface area contributed by atoms with E-state index in [-0.39, 0.29) is 0 Å². The maximum Gasteiger partial charge on any atom is 0.235 e. The highest BCUT2D eigenvalue weighted by Gasteiger charge is 1.90. The highest BCUT2D eigenvalue weighted by atomic mass is 16.6. The minimum Gasteiger partial charge on any atom is -0.357 e. The average Bonchev–Trinajstić information content (AvgIpc) is 2.31. The third kappa shape index (κ3) is 2.25. The predicted molar refractivity (Wildman–Crippen MR) is 41.4 cm³/mol. The first-order valence-corrected chi connectivity index (χ1v) is 3.12. The third-order valence-electron chi connectivity index (χ3n) is 1.24. The van der Waals surface area contributed by atoms with E-state index in [0.29, 0.717) is 0 Å². The first kappa shape index (κ1) is 7.53. The molecule has 1 aromatic rings. The molecule has 0 saturated heterocycles. The molecule has 0 bridgehead atoms. The standard InChI is InChI=1S/C7H8N2O2/c1-8-4-2-7(6-8)3-5-9(10)11/h2-6H,1H3. The summed E-state index contributed by atoms with van der Waals surface area (Å²) >= 11 is 0. The summed E-state index contributed by atoms with van der Waals surface area (Å²) in [5, 5.41) is 9.89. The van der Waals surface area contributed by atoms with E-state index in [0.717, 1.165) is 11.8 Å². The maximum atomic E-state index is 9.89. The SMILES string of the molecule is Cn1ccc(C=C[N+](=O)[O-])c1. The molecule has 4 nitrogen and oxygen atoms in total. The Morgan fingerprint density at radius 3 is 2.91 bits per heavy atom. The van der Waals surface area contributed by atoms with Gasteiger partial charge >= 0.3 is 0 Å². The van der Waals surface area contributed by atoms with Crippen LogP contribution in [-0.4, -0.2) is 9.49 Å². The van der Waals surface area contributed by atoms with Crippen molar-refractivity contribution in [1.29, 1.82) is 0 Å². The van der Waals surface area contributed by atoms with Crippen LogP contribution in [0.5, 0.6) is 0 Å². The Morgan fingerprint density at radius 1 is 1.73 bits per heavy atom. The van der Waals surface area contributed by atoms with Crippen molar-refractivity contribution in [2.24, 2.45) is 7.05 Å². The molecule has 11 heavy (non-hydrogen) atoms. The Bertz CT molecular complexity index is 288. The Balaban J connectivity index is 2.71. The summed E-state index contributed by atoms with van der Waals surface area (Å²) in [4.78, 5) is 9.41. The highest BCUT2D eigenvalue weighted by molar-refractivity contribution is 5.46. The molecule has 0 aliphatic carbocycles. The van der Waals surface area contributed by atoms with Crippen LogP contribution in [0.2, 0.25) is 0 Å². The summed E-state index contributed by atoms with van der Waals surface area (Å²) in [6, 6.07) is 1.81. The fraction of sp³-hybridized carbons (Fsp3) is 0.143. The van der Waals surface area contributed by atoms with Gasteiger partial charge in [-0.1, -0.05) is 0 Å². The number of aromatic nitrogens is 1. The van der Waals surface area contributed by atoms with Gasteiger partial charge in [0.15, 0.2) is 0 Å². The van der Waals surface area contributed by atoms with Crippen molar-refractivity contribution in [1.82, 2.24) is 4.57 Å². The molecule has 0 radical (unpaired) electrons. The fourth-order valence-electron chi connectivity index (χ4n) is 0.770. The Morgan fingerprint density at radius 2 is 2.45 bits per heavy atom. The van der Waals surface area contributed by atoms with E-state index >= 15 is 0 Å². The molecule has 0 amide bonds. The molecule has 0 saturated carbocycles. The zero-order valence-electron chi connectivity index (χ0n) is 6.10. The van der Waals surface area contributed by atoms with Crippen molar-refractivity contribution in [2.45, 2.75) is 0 Å². The van der Waals surface area contributed by atoms with Gasteiger partial charge in [-0.25, -0.2) is 0 Å². The van der Waals surface area contributed by atoms with Gasteiger partial charge in [-0.05, 0) is 11.6 Å². The van der Waals surface area contributed by atoms with Gasteiger partial charge in [-0.15, -0.1) is 0 Å². The van der Waals surface area contributed by atoms with E-state index in [1.807, 2.05) is 17.8 Å². The molecule has 4 heteroatoms. The van der Waals surface area contributed by atoms with Gasteiger partial charge in [0.05, 0.1) is 4.92 Å². The van der Waals surface area contributed by atoms with Crippen LogP contribution in [0.3, 0.4) is 0 Å². The second-order valence-electron chi connectivity index (χ2n) is 2.21. The molecule has 1 rings (SSSR count). The van der Waals surface area contributed by atoms with Crippen molar-refractivity contribution >= 4 is 6.08 Å². The highest BCUT2D eigenvalue weighted by Crippen LogP contribution is 2.01. The van der Waals surface area contributed by atoms with Crippen molar-refractivity contribution in [3.63, 3.8) is 0 Å². The van der Waals surface area contributed by atoms with Crippen LogP contribution >= 0.6 is 0 Å². The molecular weight excluding hydrogens is 144 g/mol. The van der Waals surface area contributed by atoms with Crippen LogP contribution in [0.25, 0.3) is 6.08 Å². The van der Waals surface area contributed by atoms with Gasteiger partial charge in [-0.3, -0.25) is 10.1 Å². The van der Waals surface area contributed by atoms with Crippen LogP contribution in [0, 0.1) is 10.1 Å². The van der Waals surface area contributed by atoms with E-state index in [1.165, 1.54) is 6.08 Å². The number of nitro groups is 1. The number of hydrogen-bond acceptors (Lipinski definition) is 2. The second-order valence-corrected chi connectivity index (χ2v) is 2.21. The molecule has 0 aliphatic rings. The van der Waals surface area contributed by atoms with Crippen molar-refractivity contribution in [3.05, 3.63) is 40.3 Å². The van der Waals surface area contributed by atoms with Gasteiger partial charge in [0.1, 0.15) is 0 Å². The molecule has 58 valence electrons. The number of rotatable bonds is 2. The van der Waals surface area contributed by atoms with E-state index in [1.54, 1.807) is 12.3 Å². The van der Waals surface area contributed by atoms with Gasteiger partial charge in [0, 0.05) is 25.5 Å². The number of nitrogens with zero attached hydrogens (tertiary/aromatic N) is 2. The smallest absolute Gasteiger partial charge is 0.235 e. The van der Waals surface area contributed by atoms with Crippen LogP contribution in [0.4, 0.5) is 0 Å². The summed E-state index contributed by atoms with van der Waals surface area (Å²) in [7, 11) is 1.86. The van der Waals surface area contributed by atoms with Crippen LogP contribution in [0.15, 0.2) is 24.7 Å². The predicted octanol–water partition coefficient (Wildman–Crippen LogP) is 1.27. The second kappa shape index (κ2) is 3.01. The Labute approximate surface area is 63.9 Å². The summed E-state index contributed by atoms with van der Waals surface area (Å²) in [5.74, 6) is 0. The summed E-state index contributed by atoms with van der Waals surface area (Å²) in [6.07, 6.45) is 6.02. The molecule has 0 aromatic carbocycles. The maximum absolute atomic E-state index is 9.89. The molecule has 0 N–H and O–H groups in total. The zero-order chi connectivity index (χ0) is 8.27. The zero-order valence-corrected chi connectivity index (χ0v) is 6.10. The fourth-order valence-corrected chi connectivity index (χ4v) is 0.770. The summed E-state index contributed by atoms with van der Waals surface area (Å²) in [6.45, 7) is 0.